The maximum atomic E-state index is 13.1. The Morgan fingerprint density at radius 1 is 1.16 bits per heavy atom. The fourth-order valence-electron chi connectivity index (χ4n) is 3.33. The molecule has 0 radical (unpaired) electrons. The molecule has 2 aromatic carbocycles. The van der Waals surface area contributed by atoms with Crippen molar-refractivity contribution in [3.8, 4) is 5.75 Å². The molecule has 1 heterocycles. The number of esters is 1. The molecule has 37 heavy (non-hydrogen) atoms. The van der Waals surface area contributed by atoms with Gasteiger partial charge in [-0.1, -0.05) is 12.1 Å². The van der Waals surface area contributed by atoms with Crippen molar-refractivity contribution >= 4 is 40.0 Å². The van der Waals surface area contributed by atoms with Crippen LogP contribution in [0.25, 0.3) is 10.9 Å². The highest BCUT2D eigenvalue weighted by Crippen LogP contribution is 2.34. The van der Waals surface area contributed by atoms with Crippen LogP contribution in [0.1, 0.15) is 12.5 Å². The Labute approximate surface area is 211 Å². The van der Waals surface area contributed by atoms with Crippen LogP contribution in [-0.2, 0) is 20.5 Å². The van der Waals surface area contributed by atoms with E-state index in [-0.39, 0.29) is 31.3 Å². The molecule has 2 N–H and O–H groups in total. The number of hydrogen-bond acceptors (Lipinski definition) is 8. The van der Waals surface area contributed by atoms with Gasteiger partial charge in [0.25, 0.3) is 0 Å². The number of ether oxygens (including phenoxy) is 2. The second kappa shape index (κ2) is 12.1. The van der Waals surface area contributed by atoms with Gasteiger partial charge in [0.15, 0.2) is 0 Å². The summed E-state index contributed by atoms with van der Waals surface area (Å²) in [5, 5.41) is 6.59. The summed E-state index contributed by atoms with van der Waals surface area (Å²) < 4.78 is 49.6. The number of alkyl halides is 3. The molecule has 0 saturated heterocycles. The van der Waals surface area contributed by atoms with E-state index in [9.17, 15) is 22.8 Å². The zero-order valence-corrected chi connectivity index (χ0v) is 20.4. The van der Waals surface area contributed by atoms with Crippen LogP contribution >= 0.6 is 0 Å². The van der Waals surface area contributed by atoms with Gasteiger partial charge in [-0.05, 0) is 31.2 Å². The Morgan fingerprint density at radius 3 is 2.65 bits per heavy atom. The van der Waals surface area contributed by atoms with Crippen LogP contribution in [0.3, 0.4) is 0 Å². The second-order valence-electron chi connectivity index (χ2n) is 7.78. The van der Waals surface area contributed by atoms with Gasteiger partial charge >= 0.3 is 12.1 Å². The van der Waals surface area contributed by atoms with E-state index >= 15 is 0 Å². The molecule has 0 aliphatic heterocycles. The third-order valence-corrected chi connectivity index (χ3v) is 5.13. The van der Waals surface area contributed by atoms with Gasteiger partial charge in [-0.25, -0.2) is 9.97 Å². The molecule has 0 atom stereocenters. The number of carbonyl (C=O) groups excluding carboxylic acids is 2. The lowest BCUT2D eigenvalue weighted by atomic mass is 10.1. The van der Waals surface area contributed by atoms with E-state index < -0.39 is 17.7 Å². The third-order valence-electron chi connectivity index (χ3n) is 5.13. The minimum atomic E-state index is -4.47. The van der Waals surface area contributed by atoms with Gasteiger partial charge < -0.3 is 25.0 Å². The predicted octanol–water partition coefficient (Wildman–Crippen LogP) is 4.39. The predicted molar refractivity (Wildman–Crippen MR) is 133 cm³/mol. The van der Waals surface area contributed by atoms with Gasteiger partial charge in [-0.2, -0.15) is 13.2 Å². The van der Waals surface area contributed by atoms with Crippen LogP contribution < -0.4 is 15.4 Å². The summed E-state index contributed by atoms with van der Waals surface area (Å²) >= 11 is 0. The maximum Gasteiger partial charge on any atom is 0.416 e. The van der Waals surface area contributed by atoms with Crippen molar-refractivity contribution in [2.24, 2.45) is 0 Å². The molecule has 0 aliphatic carbocycles. The summed E-state index contributed by atoms with van der Waals surface area (Å²) in [6, 6.07) is 8.17. The van der Waals surface area contributed by atoms with E-state index in [1.807, 2.05) is 0 Å². The summed E-state index contributed by atoms with van der Waals surface area (Å²) in [6.07, 6.45) is -0.273. The van der Waals surface area contributed by atoms with Crippen molar-refractivity contribution in [1.82, 2.24) is 14.9 Å². The van der Waals surface area contributed by atoms with Crippen molar-refractivity contribution in [3.05, 3.63) is 60.4 Å². The monoisotopic (exact) mass is 517 g/mol. The second-order valence-corrected chi connectivity index (χ2v) is 7.78. The Kier molecular flexibility index (Phi) is 8.88. The van der Waals surface area contributed by atoms with E-state index in [4.69, 9.17) is 9.47 Å². The average molecular weight is 518 g/mol. The molecule has 1 amide bonds. The average Bonchev–Trinajstić information content (AvgIpc) is 2.86. The fourth-order valence-corrected chi connectivity index (χ4v) is 3.33. The molecule has 0 aliphatic rings. The molecule has 12 heteroatoms. The Balaban J connectivity index is 1.77. The third kappa shape index (κ3) is 7.32. The Bertz CT molecular complexity index is 1300. The highest BCUT2D eigenvalue weighted by atomic mass is 19.4. The maximum absolute atomic E-state index is 13.1. The largest absolute Gasteiger partial charge is 0.495 e. The molecular weight excluding hydrogens is 491 g/mol. The van der Waals surface area contributed by atoms with E-state index in [0.29, 0.717) is 28.2 Å². The van der Waals surface area contributed by atoms with E-state index in [1.165, 1.54) is 43.6 Å². The minimum Gasteiger partial charge on any atom is -0.495 e. The molecule has 1 aromatic heterocycles. The van der Waals surface area contributed by atoms with Crippen molar-refractivity contribution in [2.75, 3.05) is 44.5 Å². The van der Waals surface area contributed by atoms with Crippen molar-refractivity contribution in [1.29, 1.82) is 0 Å². The van der Waals surface area contributed by atoms with E-state index in [2.05, 4.69) is 20.6 Å². The van der Waals surface area contributed by atoms with Crippen LogP contribution in [0.5, 0.6) is 5.75 Å². The lowest BCUT2D eigenvalue weighted by Crippen LogP contribution is -2.31. The molecule has 0 unspecified atom stereocenters. The first-order chi connectivity index (χ1) is 17.6. The standard InChI is InChI=1S/C25H26F3N5O4/c1-4-37-23(35)14-33(2)22(34)9-6-10-29-20-12-18-19(13-21(20)36-3)30-15-31-24(18)32-17-8-5-7-16(11-17)25(26,27)28/h5-9,11-13,15,29H,4,10,14H2,1-3H3,(H,30,31,32). The number of aromatic nitrogens is 2. The fraction of sp³-hybridized carbons (Fsp3) is 0.280. The number of likely N-dealkylation sites (N-methyl/N-ethyl adjacent to an activating group) is 1. The highest BCUT2D eigenvalue weighted by molar-refractivity contribution is 5.95. The normalized spacial score (nSPS) is 11.4. The number of rotatable bonds is 10. The number of methoxy groups -OCH3 is 1. The number of carbonyl (C=O) groups is 2. The van der Waals surface area contributed by atoms with Gasteiger partial charge in [-0.3, -0.25) is 9.59 Å². The molecule has 0 bridgehead atoms. The van der Waals surface area contributed by atoms with Crippen LogP contribution in [0, 0.1) is 0 Å². The number of amides is 1. The summed E-state index contributed by atoms with van der Waals surface area (Å²) in [7, 11) is 2.97. The number of hydrogen-bond donors (Lipinski definition) is 2. The SMILES string of the molecule is CCOC(=O)CN(C)C(=O)C=CCNc1cc2c(Nc3cccc(C(F)(F)F)c3)ncnc2cc1OC. The number of anilines is 3. The number of nitrogens with one attached hydrogen (secondary N) is 2. The summed E-state index contributed by atoms with van der Waals surface area (Å²) in [5.74, 6) is -0.0967. The van der Waals surface area contributed by atoms with Crippen LogP contribution in [0.2, 0.25) is 0 Å². The molecule has 196 valence electrons. The highest BCUT2D eigenvalue weighted by Gasteiger charge is 2.30. The van der Waals surface area contributed by atoms with E-state index in [0.717, 1.165) is 12.1 Å². The van der Waals surface area contributed by atoms with Gasteiger partial charge in [0.05, 0.1) is 30.5 Å². The van der Waals surface area contributed by atoms with Crippen molar-refractivity contribution in [2.45, 2.75) is 13.1 Å². The first-order valence-electron chi connectivity index (χ1n) is 11.2. The van der Waals surface area contributed by atoms with Crippen molar-refractivity contribution < 1.29 is 32.2 Å². The van der Waals surface area contributed by atoms with Crippen LogP contribution in [-0.4, -0.2) is 60.6 Å². The van der Waals surface area contributed by atoms with Gasteiger partial charge in [-0.15, -0.1) is 0 Å². The molecule has 0 spiro atoms. The number of benzene rings is 2. The van der Waals surface area contributed by atoms with Gasteiger partial charge in [0.2, 0.25) is 5.91 Å². The summed E-state index contributed by atoms with van der Waals surface area (Å²) in [5.41, 5.74) is 0.495. The zero-order valence-electron chi connectivity index (χ0n) is 20.4. The van der Waals surface area contributed by atoms with Gasteiger partial charge in [0.1, 0.15) is 24.4 Å². The van der Waals surface area contributed by atoms with Crippen LogP contribution in [0.15, 0.2) is 54.9 Å². The van der Waals surface area contributed by atoms with E-state index in [1.54, 1.807) is 25.1 Å². The number of halogens is 3. The lowest BCUT2D eigenvalue weighted by Gasteiger charge is -2.15. The number of nitrogens with zero attached hydrogens (tertiary/aromatic N) is 3. The molecule has 9 nitrogen and oxygen atoms in total. The number of fused-ring (bicyclic) bond motifs is 1. The summed E-state index contributed by atoms with van der Waals surface area (Å²) in [6.45, 7) is 1.99. The molecular formula is C25H26F3N5O4. The quantitative estimate of drug-likeness (QED) is 0.301. The smallest absolute Gasteiger partial charge is 0.416 e. The molecule has 3 rings (SSSR count). The van der Waals surface area contributed by atoms with Crippen LogP contribution in [0.4, 0.5) is 30.4 Å². The first kappa shape index (κ1) is 27.2. The molecule has 3 aromatic rings. The zero-order chi connectivity index (χ0) is 27.0. The van der Waals surface area contributed by atoms with Crippen molar-refractivity contribution in [3.63, 3.8) is 0 Å². The molecule has 0 saturated carbocycles. The Morgan fingerprint density at radius 2 is 1.95 bits per heavy atom. The lowest BCUT2D eigenvalue weighted by molar-refractivity contribution is -0.147. The Hall–Kier alpha value is -4.35. The van der Waals surface area contributed by atoms with Gasteiger partial charge in [0, 0.05) is 36.8 Å². The minimum absolute atomic E-state index is 0.162. The first-order valence-corrected chi connectivity index (χ1v) is 11.2. The molecule has 0 fully saturated rings. The topological polar surface area (TPSA) is 106 Å². The summed E-state index contributed by atoms with van der Waals surface area (Å²) in [4.78, 5) is 33.3.